The van der Waals surface area contributed by atoms with Crippen LogP contribution in [0.3, 0.4) is 0 Å². The molecule has 0 saturated heterocycles. The van der Waals surface area contributed by atoms with E-state index in [4.69, 9.17) is 70.0 Å². The van der Waals surface area contributed by atoms with E-state index in [9.17, 15) is 9.59 Å². The highest BCUT2D eigenvalue weighted by Gasteiger charge is 2.13. The van der Waals surface area contributed by atoms with Crippen molar-refractivity contribution in [3.05, 3.63) is 165 Å². The van der Waals surface area contributed by atoms with Crippen LogP contribution < -0.4 is 25.7 Å². The molecule has 0 saturated carbocycles. The van der Waals surface area contributed by atoms with Crippen LogP contribution in [0.5, 0.6) is 17.2 Å². The van der Waals surface area contributed by atoms with Crippen molar-refractivity contribution in [1.29, 1.82) is 0 Å². The van der Waals surface area contributed by atoms with Crippen molar-refractivity contribution >= 4 is 52.6 Å². The second-order valence-corrected chi connectivity index (χ2v) is 14.6. The Morgan fingerprint density at radius 3 is 1.38 bits per heavy atom. The smallest absolute Gasteiger partial charge is 0.312 e. The van der Waals surface area contributed by atoms with Gasteiger partial charge in [-0.2, -0.15) is 0 Å². The topological polar surface area (TPSA) is 173 Å². The Balaban J connectivity index is 0.000000203. The molecule has 0 aliphatic heterocycles. The van der Waals surface area contributed by atoms with E-state index in [1.165, 1.54) is 0 Å². The average molecular weight is 885 g/mol. The van der Waals surface area contributed by atoms with Crippen molar-refractivity contribution in [3.8, 4) is 50.6 Å². The number of nitrogen functional groups attached to an aromatic ring is 1. The zero-order valence-electron chi connectivity index (χ0n) is 33.5. The predicted octanol–water partition coefficient (Wildman–Crippen LogP) is 10.5. The molecule has 14 heteroatoms. The van der Waals surface area contributed by atoms with Gasteiger partial charge >= 0.3 is 12.0 Å². The van der Waals surface area contributed by atoms with Gasteiger partial charge in [0.15, 0.2) is 5.78 Å². The third kappa shape index (κ3) is 13.3. The van der Waals surface area contributed by atoms with Crippen LogP contribution in [-0.4, -0.2) is 54.9 Å². The molecule has 316 valence electrons. The van der Waals surface area contributed by atoms with Crippen molar-refractivity contribution < 1.29 is 34.7 Å². The summed E-state index contributed by atoms with van der Waals surface area (Å²) in [5, 5.41) is 18.3. The molecule has 0 amide bonds. The number of nitrogens with two attached hydrogens (primary N) is 2. The second kappa shape index (κ2) is 22.3. The lowest BCUT2D eigenvalue weighted by atomic mass is 9.99. The molecule has 1 aromatic heterocycles. The summed E-state index contributed by atoms with van der Waals surface area (Å²) >= 11 is 18.1. The van der Waals surface area contributed by atoms with Gasteiger partial charge in [0.05, 0.1) is 40.7 Å². The number of ketones is 1. The Morgan fingerprint density at radius 1 is 0.607 bits per heavy atom. The van der Waals surface area contributed by atoms with Gasteiger partial charge in [-0.25, -0.2) is 0 Å². The number of carbonyl (C=O) groups excluding carboxylic acids is 1. The number of nitrogens with zero attached hydrogens (tertiary/aromatic N) is 2. The fraction of sp³-hybridized carbons (Fsp3) is 0.149. The summed E-state index contributed by atoms with van der Waals surface area (Å²) in [5.41, 5.74) is 19.0. The standard InChI is InChI=1S/C16H14ClN3O2.C16H16ClNO2.C15H13ClO3.H2/c1-21-14-6-5-10(8-15-19-20-16(18)22-15)7-13(14)11-3-2-4-12(17)9-11;1-20-16-6-5-11(7-14(19)10-18)8-15(16)12-3-2-4-13(17)9-12;1-19-14-6-5-10(8-15(17)18)7-13(14)11-3-2-4-12(16)9-11;/h2-7,9H,8H2,1H3,(H2,18,20);2-6,8-9H,7,10,18H2,1H3;2-7,9H,8H2,1H3,(H,17,18);1H/i;;;1+1. The number of anilines is 1. The molecule has 11 nitrogen and oxygen atoms in total. The monoisotopic (exact) mass is 883 g/mol. The Kier molecular flexibility index (Phi) is 16.7. The zero-order chi connectivity index (χ0) is 43.9. The molecule has 0 aliphatic rings. The van der Waals surface area contributed by atoms with Crippen molar-refractivity contribution in [1.82, 2.24) is 10.2 Å². The SMILES string of the molecule is COc1ccc(CC(=O)CN)cc1-c1cccc(Cl)c1.COc1ccc(CC(=O)O)cc1-c1cccc(Cl)c1.COc1ccc(Cc2nnc(N)o2)cc1-c1cccc(Cl)c1.[2HH]. The van der Waals surface area contributed by atoms with E-state index in [1.54, 1.807) is 39.5 Å². The molecule has 5 N–H and O–H groups in total. The number of hydrogen-bond donors (Lipinski definition) is 3. The van der Waals surface area contributed by atoms with Crippen molar-refractivity contribution in [2.24, 2.45) is 5.73 Å². The van der Waals surface area contributed by atoms with Crippen molar-refractivity contribution in [2.45, 2.75) is 19.3 Å². The van der Waals surface area contributed by atoms with Gasteiger partial charge in [0.25, 0.3) is 0 Å². The minimum atomic E-state index is -0.859. The number of aliphatic carboxylic acids is 1. The van der Waals surface area contributed by atoms with Gasteiger partial charge in [-0.3, -0.25) is 9.59 Å². The number of carboxylic acids is 1. The quantitative estimate of drug-likeness (QED) is 0.101. The summed E-state index contributed by atoms with van der Waals surface area (Å²) in [7, 11) is 4.84. The first kappa shape index (κ1) is 45.7. The Morgan fingerprint density at radius 2 is 1.02 bits per heavy atom. The van der Waals surface area contributed by atoms with Gasteiger partial charge in [-0.05, 0) is 106 Å². The maximum absolute atomic E-state index is 11.5. The maximum Gasteiger partial charge on any atom is 0.312 e. The van der Waals surface area contributed by atoms with Gasteiger partial charge in [-0.1, -0.05) is 94.5 Å². The molecule has 0 aliphatic carbocycles. The Bertz CT molecular complexity index is 2610. The number of benzene rings is 6. The van der Waals surface area contributed by atoms with Crippen molar-refractivity contribution in [2.75, 3.05) is 33.6 Å². The van der Waals surface area contributed by atoms with Gasteiger partial charge in [0.2, 0.25) is 5.89 Å². The molecule has 61 heavy (non-hydrogen) atoms. The van der Waals surface area contributed by atoms with E-state index in [2.05, 4.69) is 10.2 Å². The van der Waals surface area contributed by atoms with E-state index in [0.717, 1.165) is 61.6 Å². The molecule has 0 atom stereocenters. The van der Waals surface area contributed by atoms with Crippen LogP contribution in [0.4, 0.5) is 6.01 Å². The lowest BCUT2D eigenvalue weighted by Crippen LogP contribution is -2.15. The molecule has 0 fully saturated rings. The highest BCUT2D eigenvalue weighted by Crippen LogP contribution is 2.35. The largest absolute Gasteiger partial charge is 0.496 e. The molecule has 7 aromatic rings. The minimum Gasteiger partial charge on any atom is -0.496 e. The van der Waals surface area contributed by atoms with E-state index < -0.39 is 5.97 Å². The lowest BCUT2D eigenvalue weighted by molar-refractivity contribution is -0.136. The van der Waals surface area contributed by atoms with Crippen LogP contribution >= 0.6 is 34.8 Å². The molecule has 0 spiro atoms. The van der Waals surface area contributed by atoms with E-state index in [0.29, 0.717) is 39.5 Å². The van der Waals surface area contributed by atoms with Crippen LogP contribution in [0, 0.1) is 0 Å². The Labute approximate surface area is 370 Å². The fourth-order valence-electron chi connectivity index (χ4n) is 6.23. The number of methoxy groups -OCH3 is 3. The van der Waals surface area contributed by atoms with Gasteiger partial charge in [-0.15, -0.1) is 5.10 Å². The molecule has 7 rings (SSSR count). The first-order valence-corrected chi connectivity index (χ1v) is 19.8. The van der Waals surface area contributed by atoms with Crippen LogP contribution in [0.1, 0.15) is 24.0 Å². The first-order valence-electron chi connectivity index (χ1n) is 18.7. The van der Waals surface area contributed by atoms with E-state index >= 15 is 0 Å². The fourth-order valence-corrected chi connectivity index (χ4v) is 6.80. The summed E-state index contributed by atoms with van der Waals surface area (Å²) < 4.78 is 21.3. The molecule has 1 heterocycles. The molecular formula is C47H45Cl3N4O7. The molecule has 6 aromatic carbocycles. The summed E-state index contributed by atoms with van der Waals surface area (Å²) in [4.78, 5) is 22.2. The number of hydrogen-bond acceptors (Lipinski definition) is 10. The second-order valence-electron chi connectivity index (χ2n) is 13.3. The lowest BCUT2D eigenvalue weighted by Gasteiger charge is -2.11. The number of carbonyl (C=O) groups is 2. The third-order valence-corrected chi connectivity index (χ3v) is 9.73. The number of rotatable bonds is 13. The third-order valence-electron chi connectivity index (χ3n) is 9.02. The molecule has 0 radical (unpaired) electrons. The summed E-state index contributed by atoms with van der Waals surface area (Å²) in [6.45, 7) is 0.0541. The first-order chi connectivity index (χ1) is 29.4. The summed E-state index contributed by atoms with van der Waals surface area (Å²) in [5.74, 6) is 1.83. The van der Waals surface area contributed by atoms with Gasteiger partial charge < -0.3 is 35.2 Å². The number of aromatic nitrogens is 2. The zero-order valence-corrected chi connectivity index (χ0v) is 35.8. The molecule has 0 unspecified atom stereocenters. The van der Waals surface area contributed by atoms with Crippen LogP contribution in [0.15, 0.2) is 132 Å². The van der Waals surface area contributed by atoms with Crippen LogP contribution in [-0.2, 0) is 28.9 Å². The van der Waals surface area contributed by atoms with Crippen LogP contribution in [0.25, 0.3) is 33.4 Å². The van der Waals surface area contributed by atoms with E-state index in [-0.39, 0.29) is 26.2 Å². The highest BCUT2D eigenvalue weighted by molar-refractivity contribution is 6.31. The average Bonchev–Trinajstić information content (AvgIpc) is 3.67. The van der Waals surface area contributed by atoms with Crippen LogP contribution in [0.2, 0.25) is 15.1 Å². The summed E-state index contributed by atoms with van der Waals surface area (Å²) in [6, 6.07) is 39.5. The predicted molar refractivity (Wildman–Crippen MR) is 243 cm³/mol. The van der Waals surface area contributed by atoms with Gasteiger partial charge in [0.1, 0.15) is 17.2 Å². The summed E-state index contributed by atoms with van der Waals surface area (Å²) in [6.07, 6.45) is 0.813. The minimum absolute atomic E-state index is 0. The maximum atomic E-state index is 11.5. The molecule has 0 bridgehead atoms. The number of ether oxygens (including phenoxy) is 3. The van der Waals surface area contributed by atoms with E-state index in [1.807, 2.05) is 109 Å². The number of Topliss-reactive ketones (excluding diaryl/α,β-unsaturated/α-hetero) is 1. The van der Waals surface area contributed by atoms with Gasteiger partial charge in [0, 0.05) is 39.6 Å². The molecular weight excluding hydrogens is 839 g/mol. The Hall–Kier alpha value is -6.37. The normalized spacial score (nSPS) is 10.4. The highest BCUT2D eigenvalue weighted by atomic mass is 35.5. The number of halogens is 3. The number of carboxylic acid groups (broad SMARTS) is 1. The van der Waals surface area contributed by atoms with Crippen molar-refractivity contribution in [3.63, 3.8) is 0 Å².